The van der Waals surface area contributed by atoms with E-state index < -0.39 is 0 Å². The minimum Gasteiger partial charge on any atom is -0.339 e. The summed E-state index contributed by atoms with van der Waals surface area (Å²) in [6.45, 7) is 0. The molecule has 0 aromatic heterocycles. The predicted molar refractivity (Wildman–Crippen MR) is 58.9 cm³/mol. The molecular formula is C11H12BrNO. The van der Waals surface area contributed by atoms with Gasteiger partial charge in [-0.3, -0.25) is 4.79 Å². The first-order valence-electron chi connectivity index (χ1n) is 4.69. The maximum atomic E-state index is 11.3. The second-order valence-electron chi connectivity index (χ2n) is 3.61. The molecule has 1 aromatic carbocycles. The fourth-order valence-electron chi connectivity index (χ4n) is 1.88. The third-order valence-electron chi connectivity index (χ3n) is 2.75. The van der Waals surface area contributed by atoms with Gasteiger partial charge in [0.25, 0.3) is 0 Å². The number of carbonyl (C=O) groups excluding carboxylic acids is 1. The van der Waals surface area contributed by atoms with E-state index in [1.807, 2.05) is 24.1 Å². The standard InChI is InChI=1S/C11H12BrNO/c1-13-10(6-7-11(13)14)8-2-4-9(12)5-3-8/h2-5,10H,6-7H2,1H3/t10-/m0/s1. The third-order valence-corrected chi connectivity index (χ3v) is 3.28. The molecule has 1 heterocycles. The molecule has 0 unspecified atom stereocenters. The molecule has 2 rings (SSSR count). The highest BCUT2D eigenvalue weighted by atomic mass is 79.9. The highest BCUT2D eigenvalue weighted by molar-refractivity contribution is 9.10. The molecule has 1 aromatic rings. The molecule has 2 nitrogen and oxygen atoms in total. The lowest BCUT2D eigenvalue weighted by atomic mass is 10.1. The number of benzene rings is 1. The van der Waals surface area contributed by atoms with Gasteiger partial charge in [-0.15, -0.1) is 0 Å². The van der Waals surface area contributed by atoms with Crippen LogP contribution in [0.5, 0.6) is 0 Å². The lowest BCUT2D eigenvalue weighted by molar-refractivity contribution is -0.127. The van der Waals surface area contributed by atoms with Crippen LogP contribution in [-0.4, -0.2) is 17.9 Å². The van der Waals surface area contributed by atoms with Gasteiger partial charge in [-0.2, -0.15) is 0 Å². The van der Waals surface area contributed by atoms with E-state index in [0.717, 1.165) is 10.9 Å². The number of halogens is 1. The SMILES string of the molecule is CN1C(=O)CC[C@H]1c1ccc(Br)cc1. The van der Waals surface area contributed by atoms with Crippen LogP contribution in [0.3, 0.4) is 0 Å². The summed E-state index contributed by atoms with van der Waals surface area (Å²) >= 11 is 3.40. The van der Waals surface area contributed by atoms with Gasteiger partial charge >= 0.3 is 0 Å². The maximum Gasteiger partial charge on any atom is 0.222 e. The Hall–Kier alpha value is -0.830. The van der Waals surface area contributed by atoms with E-state index >= 15 is 0 Å². The van der Waals surface area contributed by atoms with E-state index in [9.17, 15) is 4.79 Å². The molecule has 1 aliphatic heterocycles. The molecule has 0 aliphatic carbocycles. The summed E-state index contributed by atoms with van der Waals surface area (Å²) in [6.07, 6.45) is 1.62. The smallest absolute Gasteiger partial charge is 0.222 e. The van der Waals surface area contributed by atoms with Crippen molar-refractivity contribution in [2.24, 2.45) is 0 Å². The Balaban J connectivity index is 2.23. The first-order valence-corrected chi connectivity index (χ1v) is 5.49. The summed E-state index contributed by atoms with van der Waals surface area (Å²) in [6, 6.07) is 8.46. The van der Waals surface area contributed by atoms with Crippen LogP contribution in [0.4, 0.5) is 0 Å². The monoisotopic (exact) mass is 253 g/mol. The number of rotatable bonds is 1. The summed E-state index contributed by atoms with van der Waals surface area (Å²) in [7, 11) is 1.88. The quantitative estimate of drug-likeness (QED) is 0.754. The van der Waals surface area contributed by atoms with E-state index in [-0.39, 0.29) is 11.9 Å². The van der Waals surface area contributed by atoms with E-state index in [2.05, 4.69) is 28.1 Å². The number of hydrogen-bond acceptors (Lipinski definition) is 1. The van der Waals surface area contributed by atoms with Crippen molar-refractivity contribution < 1.29 is 4.79 Å². The molecule has 0 spiro atoms. The Morgan fingerprint density at radius 3 is 2.50 bits per heavy atom. The molecule has 3 heteroatoms. The van der Waals surface area contributed by atoms with Crippen LogP contribution in [-0.2, 0) is 4.79 Å². The Morgan fingerprint density at radius 1 is 1.36 bits per heavy atom. The second-order valence-corrected chi connectivity index (χ2v) is 4.53. The summed E-state index contributed by atoms with van der Waals surface area (Å²) in [5, 5.41) is 0. The molecule has 1 amide bonds. The van der Waals surface area contributed by atoms with Gasteiger partial charge in [-0.25, -0.2) is 0 Å². The largest absolute Gasteiger partial charge is 0.339 e. The molecule has 0 N–H and O–H groups in total. The van der Waals surface area contributed by atoms with Gasteiger partial charge in [0.1, 0.15) is 0 Å². The van der Waals surface area contributed by atoms with Crippen molar-refractivity contribution in [1.29, 1.82) is 0 Å². The van der Waals surface area contributed by atoms with Gasteiger partial charge in [0, 0.05) is 17.9 Å². The average molecular weight is 254 g/mol. The van der Waals surface area contributed by atoms with Crippen LogP contribution >= 0.6 is 15.9 Å². The van der Waals surface area contributed by atoms with Crippen molar-refractivity contribution in [3.63, 3.8) is 0 Å². The molecule has 0 saturated carbocycles. The van der Waals surface area contributed by atoms with Crippen molar-refractivity contribution in [3.05, 3.63) is 34.3 Å². The molecule has 1 aliphatic rings. The zero-order chi connectivity index (χ0) is 10.1. The minimum atomic E-state index is 0.248. The van der Waals surface area contributed by atoms with Gasteiger partial charge in [-0.1, -0.05) is 28.1 Å². The first-order chi connectivity index (χ1) is 6.68. The molecule has 0 bridgehead atoms. The summed E-state index contributed by atoms with van der Waals surface area (Å²) < 4.78 is 1.08. The van der Waals surface area contributed by atoms with Crippen molar-refractivity contribution in [1.82, 2.24) is 4.90 Å². The average Bonchev–Trinajstić information content (AvgIpc) is 2.50. The van der Waals surface area contributed by atoms with Crippen LogP contribution in [0.15, 0.2) is 28.7 Å². The van der Waals surface area contributed by atoms with Crippen molar-refractivity contribution >= 4 is 21.8 Å². The van der Waals surface area contributed by atoms with Gasteiger partial charge in [0.2, 0.25) is 5.91 Å². The predicted octanol–water partition coefficient (Wildman–Crippen LogP) is 2.74. The van der Waals surface area contributed by atoms with Crippen LogP contribution in [0, 0.1) is 0 Å². The molecule has 1 fully saturated rings. The number of likely N-dealkylation sites (tertiary alicyclic amines) is 1. The number of carbonyl (C=O) groups is 1. The van der Waals surface area contributed by atoms with Crippen LogP contribution < -0.4 is 0 Å². The molecule has 14 heavy (non-hydrogen) atoms. The molecule has 1 atom stereocenters. The summed E-state index contributed by atoms with van der Waals surface area (Å²) in [4.78, 5) is 13.2. The Morgan fingerprint density at radius 2 is 2.00 bits per heavy atom. The van der Waals surface area contributed by atoms with E-state index in [1.165, 1.54) is 5.56 Å². The lowest BCUT2D eigenvalue weighted by Crippen LogP contribution is -2.22. The molecular weight excluding hydrogens is 242 g/mol. The highest BCUT2D eigenvalue weighted by Crippen LogP contribution is 2.31. The number of hydrogen-bond donors (Lipinski definition) is 0. The summed E-state index contributed by atoms with van der Waals surface area (Å²) in [5.41, 5.74) is 1.22. The van der Waals surface area contributed by atoms with Gasteiger partial charge in [0.05, 0.1) is 6.04 Å². The zero-order valence-electron chi connectivity index (χ0n) is 8.03. The second kappa shape index (κ2) is 3.73. The Kier molecular flexibility index (Phi) is 2.59. The van der Waals surface area contributed by atoms with Crippen molar-refractivity contribution in [3.8, 4) is 0 Å². The Labute approximate surface area is 92.0 Å². The topological polar surface area (TPSA) is 20.3 Å². The van der Waals surface area contributed by atoms with Crippen LogP contribution in [0.1, 0.15) is 24.4 Å². The van der Waals surface area contributed by atoms with Crippen LogP contribution in [0.25, 0.3) is 0 Å². The third kappa shape index (κ3) is 1.69. The lowest BCUT2D eigenvalue weighted by Gasteiger charge is -2.20. The van der Waals surface area contributed by atoms with E-state index in [1.54, 1.807) is 0 Å². The number of nitrogens with zero attached hydrogens (tertiary/aromatic N) is 1. The zero-order valence-corrected chi connectivity index (χ0v) is 9.62. The van der Waals surface area contributed by atoms with Crippen molar-refractivity contribution in [2.75, 3.05) is 7.05 Å². The molecule has 74 valence electrons. The normalized spacial score (nSPS) is 21.7. The maximum absolute atomic E-state index is 11.3. The van der Waals surface area contributed by atoms with E-state index in [0.29, 0.717) is 6.42 Å². The van der Waals surface area contributed by atoms with Gasteiger partial charge in [-0.05, 0) is 24.1 Å². The van der Waals surface area contributed by atoms with E-state index in [4.69, 9.17) is 0 Å². The summed E-state index contributed by atoms with van der Waals surface area (Å²) in [5.74, 6) is 0.248. The first kappa shape index (κ1) is 9.71. The fraction of sp³-hybridized carbons (Fsp3) is 0.364. The van der Waals surface area contributed by atoms with Gasteiger partial charge in [0.15, 0.2) is 0 Å². The molecule has 1 saturated heterocycles. The Bertz CT molecular complexity index is 347. The number of amides is 1. The fourth-order valence-corrected chi connectivity index (χ4v) is 2.14. The molecule has 0 radical (unpaired) electrons. The van der Waals surface area contributed by atoms with Gasteiger partial charge < -0.3 is 4.90 Å². The van der Waals surface area contributed by atoms with Crippen molar-refractivity contribution in [2.45, 2.75) is 18.9 Å². The minimum absolute atomic E-state index is 0.248. The van der Waals surface area contributed by atoms with Crippen LogP contribution in [0.2, 0.25) is 0 Å². The highest BCUT2D eigenvalue weighted by Gasteiger charge is 2.28.